The lowest BCUT2D eigenvalue weighted by atomic mass is 10.1. The van der Waals surface area contributed by atoms with Gasteiger partial charge in [0.05, 0.1) is 5.56 Å². The van der Waals surface area contributed by atoms with Gasteiger partial charge >= 0.3 is 5.97 Å². The van der Waals surface area contributed by atoms with Crippen molar-refractivity contribution >= 4 is 52.4 Å². The van der Waals surface area contributed by atoms with Crippen molar-refractivity contribution in [1.29, 1.82) is 0 Å². The maximum Gasteiger partial charge on any atom is 0.335 e. The van der Waals surface area contributed by atoms with Gasteiger partial charge in [-0.3, -0.25) is 0 Å². The summed E-state index contributed by atoms with van der Waals surface area (Å²) in [6.45, 7) is 0. The number of carboxylic acids is 1. The molecule has 1 aromatic carbocycles. The molecule has 0 radical (unpaired) electrons. The molecule has 0 fully saturated rings. The van der Waals surface area contributed by atoms with Crippen LogP contribution in [0.15, 0.2) is 18.2 Å². The fourth-order valence-electron chi connectivity index (χ4n) is 1.13. The first-order valence-electron chi connectivity index (χ1n) is 3.88. The molecule has 1 N–H and O–H groups in total. The van der Waals surface area contributed by atoms with Crippen LogP contribution in [0, 0.1) is 0 Å². The SMILES string of the molecule is O=C(O)c1ccc(Cl)cc1CC(Cl)(Cl)Cl. The summed E-state index contributed by atoms with van der Waals surface area (Å²) in [6, 6.07) is 4.34. The molecule has 0 aliphatic carbocycles. The Kier molecular flexibility index (Phi) is 4.13. The number of aromatic carboxylic acids is 1. The van der Waals surface area contributed by atoms with E-state index >= 15 is 0 Å². The molecule has 0 amide bonds. The molecule has 0 bridgehead atoms. The van der Waals surface area contributed by atoms with Crippen molar-refractivity contribution in [2.45, 2.75) is 10.2 Å². The summed E-state index contributed by atoms with van der Waals surface area (Å²) in [5.74, 6) is -1.07. The van der Waals surface area contributed by atoms with Crippen molar-refractivity contribution in [3.05, 3.63) is 34.3 Å². The molecule has 82 valence electrons. The van der Waals surface area contributed by atoms with E-state index in [4.69, 9.17) is 51.5 Å². The third-order valence-corrected chi connectivity index (χ3v) is 2.32. The van der Waals surface area contributed by atoms with Crippen molar-refractivity contribution in [3.8, 4) is 0 Å². The fourth-order valence-corrected chi connectivity index (χ4v) is 1.76. The van der Waals surface area contributed by atoms with E-state index in [1.165, 1.54) is 18.2 Å². The maximum atomic E-state index is 10.8. The van der Waals surface area contributed by atoms with E-state index in [1.54, 1.807) is 0 Å². The van der Waals surface area contributed by atoms with Crippen LogP contribution in [0.2, 0.25) is 5.02 Å². The Morgan fingerprint density at radius 1 is 1.33 bits per heavy atom. The summed E-state index contributed by atoms with van der Waals surface area (Å²) in [5.41, 5.74) is 0.487. The van der Waals surface area contributed by atoms with Crippen molar-refractivity contribution in [2.24, 2.45) is 0 Å². The van der Waals surface area contributed by atoms with E-state index in [1.807, 2.05) is 0 Å². The topological polar surface area (TPSA) is 37.3 Å². The first kappa shape index (κ1) is 12.9. The lowest BCUT2D eigenvalue weighted by molar-refractivity contribution is 0.0696. The van der Waals surface area contributed by atoms with Crippen molar-refractivity contribution in [2.75, 3.05) is 0 Å². The van der Waals surface area contributed by atoms with Gasteiger partial charge in [0.25, 0.3) is 0 Å². The molecule has 0 spiro atoms. The number of carbonyl (C=O) groups is 1. The molecule has 15 heavy (non-hydrogen) atoms. The van der Waals surface area contributed by atoms with E-state index in [0.717, 1.165) is 0 Å². The Morgan fingerprint density at radius 2 is 1.93 bits per heavy atom. The van der Waals surface area contributed by atoms with E-state index in [2.05, 4.69) is 0 Å². The van der Waals surface area contributed by atoms with Gasteiger partial charge in [-0.05, 0) is 23.8 Å². The third kappa shape index (κ3) is 4.07. The van der Waals surface area contributed by atoms with Crippen LogP contribution in [-0.2, 0) is 6.42 Å². The molecular formula is C9H6Cl4O2. The second-order valence-corrected chi connectivity index (χ2v) is 5.85. The average Bonchev–Trinajstić information content (AvgIpc) is 1.99. The quantitative estimate of drug-likeness (QED) is 0.836. The number of benzene rings is 1. The highest BCUT2D eigenvalue weighted by atomic mass is 35.6. The summed E-state index contributed by atoms with van der Waals surface area (Å²) in [4.78, 5) is 10.8. The molecule has 0 saturated carbocycles. The minimum Gasteiger partial charge on any atom is -0.478 e. The highest BCUT2D eigenvalue weighted by Crippen LogP contribution is 2.32. The number of carboxylic acid groups (broad SMARTS) is 1. The number of hydrogen-bond acceptors (Lipinski definition) is 1. The van der Waals surface area contributed by atoms with Crippen molar-refractivity contribution in [3.63, 3.8) is 0 Å². The number of hydrogen-bond donors (Lipinski definition) is 1. The van der Waals surface area contributed by atoms with Gasteiger partial charge in [0.1, 0.15) is 0 Å². The third-order valence-electron chi connectivity index (χ3n) is 1.69. The highest BCUT2D eigenvalue weighted by Gasteiger charge is 2.23. The van der Waals surface area contributed by atoms with Gasteiger partial charge in [-0.25, -0.2) is 4.79 Å². The van der Waals surface area contributed by atoms with Gasteiger partial charge in [0.15, 0.2) is 3.79 Å². The minimum absolute atomic E-state index is 0.000139. The van der Waals surface area contributed by atoms with Gasteiger partial charge in [0, 0.05) is 11.4 Å². The zero-order valence-electron chi connectivity index (χ0n) is 7.31. The molecule has 0 aliphatic heterocycles. The van der Waals surface area contributed by atoms with Crippen LogP contribution in [-0.4, -0.2) is 14.9 Å². The first-order valence-corrected chi connectivity index (χ1v) is 5.39. The molecule has 2 nitrogen and oxygen atoms in total. The lowest BCUT2D eigenvalue weighted by Gasteiger charge is -2.12. The number of rotatable bonds is 2. The summed E-state index contributed by atoms with van der Waals surface area (Å²) < 4.78 is -1.53. The molecule has 6 heteroatoms. The molecule has 0 atom stereocenters. The van der Waals surface area contributed by atoms with Crippen LogP contribution in [0.1, 0.15) is 15.9 Å². The largest absolute Gasteiger partial charge is 0.478 e. The van der Waals surface area contributed by atoms with E-state index in [0.29, 0.717) is 10.6 Å². The summed E-state index contributed by atoms with van der Waals surface area (Å²) in [5, 5.41) is 9.29. The Bertz CT molecular complexity index is 384. The smallest absolute Gasteiger partial charge is 0.335 e. The zero-order chi connectivity index (χ0) is 11.6. The minimum atomic E-state index is -1.53. The highest BCUT2D eigenvalue weighted by molar-refractivity contribution is 6.67. The molecule has 0 heterocycles. The van der Waals surface area contributed by atoms with Crippen LogP contribution >= 0.6 is 46.4 Å². The van der Waals surface area contributed by atoms with E-state index < -0.39 is 9.76 Å². The second kappa shape index (κ2) is 4.79. The van der Waals surface area contributed by atoms with Gasteiger partial charge in [-0.15, -0.1) is 0 Å². The van der Waals surface area contributed by atoms with Crippen LogP contribution in [0.3, 0.4) is 0 Å². The summed E-state index contributed by atoms with van der Waals surface area (Å²) in [6.07, 6.45) is -0.000139. The standard InChI is InChI=1S/C9H6Cl4O2/c10-6-1-2-7(8(14)15)5(3-6)4-9(11,12)13/h1-3H,4H2,(H,14,15). The van der Waals surface area contributed by atoms with Gasteiger partial charge in [-0.2, -0.15) is 0 Å². The Labute approximate surface area is 107 Å². The summed E-state index contributed by atoms with van der Waals surface area (Å²) >= 11 is 22.5. The predicted octanol–water partition coefficient (Wildman–Crippen LogP) is 3.95. The van der Waals surface area contributed by atoms with E-state index in [9.17, 15) is 4.79 Å². The first-order chi connectivity index (χ1) is 6.79. The molecule has 0 aromatic heterocycles. The van der Waals surface area contributed by atoms with Crippen molar-refractivity contribution < 1.29 is 9.90 Å². The van der Waals surface area contributed by atoms with Crippen LogP contribution in [0.25, 0.3) is 0 Å². The number of alkyl halides is 3. The Balaban J connectivity index is 3.13. The molecule has 1 aromatic rings. The molecule has 0 saturated heterocycles. The van der Waals surface area contributed by atoms with Crippen LogP contribution in [0.5, 0.6) is 0 Å². The second-order valence-electron chi connectivity index (χ2n) is 2.90. The monoisotopic (exact) mass is 286 g/mol. The Hall–Kier alpha value is -0.150. The van der Waals surface area contributed by atoms with Crippen molar-refractivity contribution in [1.82, 2.24) is 0 Å². The molecule has 1 rings (SSSR count). The molecular weight excluding hydrogens is 282 g/mol. The average molecular weight is 288 g/mol. The Morgan fingerprint density at radius 3 is 2.40 bits per heavy atom. The normalized spacial score (nSPS) is 11.5. The van der Waals surface area contributed by atoms with Gasteiger partial charge in [-0.1, -0.05) is 46.4 Å². The predicted molar refractivity (Wildman–Crippen MR) is 62.4 cm³/mol. The fraction of sp³-hybridized carbons (Fsp3) is 0.222. The van der Waals surface area contributed by atoms with E-state index in [-0.39, 0.29) is 12.0 Å². The maximum absolute atomic E-state index is 10.8. The summed E-state index contributed by atoms with van der Waals surface area (Å²) in [7, 11) is 0. The van der Waals surface area contributed by atoms with Gasteiger partial charge in [0.2, 0.25) is 0 Å². The molecule has 0 aliphatic rings. The van der Waals surface area contributed by atoms with Crippen LogP contribution in [0.4, 0.5) is 0 Å². The lowest BCUT2D eigenvalue weighted by Crippen LogP contribution is -2.11. The molecule has 0 unspecified atom stereocenters. The van der Waals surface area contributed by atoms with Crippen LogP contribution < -0.4 is 0 Å². The number of halogens is 4. The zero-order valence-corrected chi connectivity index (χ0v) is 10.3. The van der Waals surface area contributed by atoms with Gasteiger partial charge < -0.3 is 5.11 Å².